The molecule has 8 heteroatoms. The number of thiophene rings is 1. The maximum absolute atomic E-state index is 12.9. The fraction of sp³-hybridized carbons (Fsp3) is 0.0870. The van der Waals surface area contributed by atoms with E-state index in [9.17, 15) is 14.7 Å². The Balaban J connectivity index is 1.74. The van der Waals surface area contributed by atoms with E-state index < -0.39 is 17.4 Å². The quantitative estimate of drug-likeness (QED) is 0.403. The largest absolute Gasteiger partial charge is 0.504 e. The van der Waals surface area contributed by atoms with Crippen molar-refractivity contribution in [3.05, 3.63) is 76.2 Å². The van der Waals surface area contributed by atoms with Crippen molar-refractivity contribution in [2.75, 3.05) is 12.4 Å². The van der Waals surface area contributed by atoms with Gasteiger partial charge in [0.15, 0.2) is 11.3 Å². The Morgan fingerprint density at radius 2 is 1.90 bits per heavy atom. The first kappa shape index (κ1) is 20.4. The molecule has 1 amide bonds. The van der Waals surface area contributed by atoms with E-state index in [1.807, 2.05) is 31.2 Å². The van der Waals surface area contributed by atoms with Gasteiger partial charge in [-0.1, -0.05) is 42.0 Å². The zero-order valence-electron chi connectivity index (χ0n) is 16.7. The summed E-state index contributed by atoms with van der Waals surface area (Å²) in [5.41, 5.74) is 2.48. The van der Waals surface area contributed by atoms with Gasteiger partial charge in [-0.2, -0.15) is 0 Å². The number of aromatic hydroxyl groups is 1. The first-order valence-electron chi connectivity index (χ1n) is 9.27. The molecule has 31 heavy (non-hydrogen) atoms. The van der Waals surface area contributed by atoms with Crippen LogP contribution in [0.3, 0.4) is 0 Å². The number of ether oxygens (including phenoxy) is 1. The molecular formula is C23H18N2O5S. The maximum Gasteiger partial charge on any atom is 0.341 e. The molecule has 0 bridgehead atoms. The number of hydrogen-bond donors (Lipinski definition) is 3. The predicted octanol–water partition coefficient (Wildman–Crippen LogP) is 4.69. The second kappa shape index (κ2) is 8.08. The van der Waals surface area contributed by atoms with Gasteiger partial charge in [0.1, 0.15) is 16.1 Å². The van der Waals surface area contributed by atoms with Gasteiger partial charge >= 0.3 is 5.97 Å². The topological polar surface area (TPSA) is 113 Å². The van der Waals surface area contributed by atoms with Crippen LogP contribution in [0.15, 0.2) is 58.3 Å². The predicted molar refractivity (Wildman–Crippen MR) is 118 cm³/mol. The highest BCUT2D eigenvalue weighted by Crippen LogP contribution is 2.36. The van der Waals surface area contributed by atoms with Gasteiger partial charge in [-0.15, -0.1) is 11.3 Å². The lowest BCUT2D eigenvalue weighted by Crippen LogP contribution is -2.21. The van der Waals surface area contributed by atoms with Gasteiger partial charge in [-0.25, -0.2) is 4.79 Å². The van der Waals surface area contributed by atoms with Crippen molar-refractivity contribution in [1.82, 2.24) is 0 Å². The Labute approximate surface area is 181 Å². The summed E-state index contributed by atoms with van der Waals surface area (Å²) in [6, 6.07) is 13.8. The van der Waals surface area contributed by atoms with Crippen molar-refractivity contribution in [3.63, 3.8) is 0 Å². The van der Waals surface area contributed by atoms with Gasteiger partial charge in [-0.05, 0) is 24.6 Å². The third-order valence-corrected chi connectivity index (χ3v) is 5.68. The number of benzene rings is 2. The van der Waals surface area contributed by atoms with E-state index in [-0.39, 0.29) is 22.5 Å². The van der Waals surface area contributed by atoms with Crippen LogP contribution in [0.1, 0.15) is 26.3 Å². The molecular weight excluding hydrogens is 416 g/mol. The lowest BCUT2D eigenvalue weighted by atomic mass is 10.0. The monoisotopic (exact) mass is 434 g/mol. The zero-order valence-corrected chi connectivity index (χ0v) is 17.5. The molecule has 0 aliphatic rings. The van der Waals surface area contributed by atoms with Crippen molar-refractivity contribution in [3.8, 4) is 16.9 Å². The Morgan fingerprint density at radius 1 is 1.16 bits per heavy atom. The molecule has 2 aromatic carbocycles. The molecule has 3 N–H and O–H groups in total. The highest BCUT2D eigenvalue weighted by molar-refractivity contribution is 7.15. The number of anilines is 1. The number of carbonyl (C=O) groups excluding carboxylic acids is 2. The van der Waals surface area contributed by atoms with Crippen LogP contribution in [0.2, 0.25) is 0 Å². The average molecular weight is 434 g/mol. The number of fused-ring (bicyclic) bond motifs is 1. The first-order chi connectivity index (χ1) is 14.9. The average Bonchev–Trinajstić information content (AvgIpc) is 3.17. The number of rotatable bonds is 4. The Hall–Kier alpha value is -3.91. The number of esters is 1. The molecule has 0 unspecified atom stereocenters. The summed E-state index contributed by atoms with van der Waals surface area (Å²) < 4.78 is 10.3. The van der Waals surface area contributed by atoms with Crippen molar-refractivity contribution in [2.24, 2.45) is 0 Å². The van der Waals surface area contributed by atoms with Crippen molar-refractivity contribution < 1.29 is 23.8 Å². The van der Waals surface area contributed by atoms with Crippen LogP contribution in [0, 0.1) is 12.3 Å². The number of aryl methyl sites for hydroxylation is 1. The fourth-order valence-corrected chi connectivity index (χ4v) is 4.14. The normalized spacial score (nSPS) is 10.8. The molecule has 0 aliphatic heterocycles. The third kappa shape index (κ3) is 3.80. The molecule has 0 fully saturated rings. The number of amides is 1. The molecule has 0 saturated heterocycles. The maximum atomic E-state index is 12.9. The molecule has 4 aromatic rings. The van der Waals surface area contributed by atoms with Crippen molar-refractivity contribution in [2.45, 2.75) is 6.92 Å². The van der Waals surface area contributed by atoms with Crippen LogP contribution in [0.4, 0.5) is 5.00 Å². The number of para-hydroxylation sites is 1. The number of methoxy groups -OCH3 is 1. The summed E-state index contributed by atoms with van der Waals surface area (Å²) in [4.78, 5) is 25.4. The first-order valence-corrected chi connectivity index (χ1v) is 10.2. The standard InChI is InChI=1S/C23H18N2O5S/c1-12-6-8-13(9-7-12)16-11-31-22(18(16)23(28)29-2)25-21(27)15-10-14-4-3-5-17(26)19(14)30-20(15)24/h3-11,24,26H,1-2H3,(H,25,27). The molecule has 0 spiro atoms. The van der Waals surface area contributed by atoms with Crippen LogP contribution < -0.4 is 10.9 Å². The number of nitrogens with one attached hydrogen (secondary N) is 2. The Morgan fingerprint density at radius 3 is 2.61 bits per heavy atom. The van der Waals surface area contributed by atoms with E-state index in [4.69, 9.17) is 14.6 Å². The summed E-state index contributed by atoms with van der Waals surface area (Å²) in [6.45, 7) is 1.97. The fourth-order valence-electron chi connectivity index (χ4n) is 3.18. The minimum Gasteiger partial charge on any atom is -0.504 e. The van der Waals surface area contributed by atoms with Gasteiger partial charge in [-0.3, -0.25) is 10.2 Å². The van der Waals surface area contributed by atoms with Gasteiger partial charge < -0.3 is 19.6 Å². The number of hydrogen-bond acceptors (Lipinski definition) is 7. The van der Waals surface area contributed by atoms with Crippen molar-refractivity contribution >= 4 is 39.2 Å². The van der Waals surface area contributed by atoms with E-state index >= 15 is 0 Å². The highest BCUT2D eigenvalue weighted by Gasteiger charge is 2.23. The van der Waals surface area contributed by atoms with Gasteiger partial charge in [0.25, 0.3) is 5.91 Å². The van der Waals surface area contributed by atoms with Gasteiger partial charge in [0, 0.05) is 16.3 Å². The van der Waals surface area contributed by atoms with E-state index in [2.05, 4.69) is 5.32 Å². The second-order valence-electron chi connectivity index (χ2n) is 6.85. The Bertz CT molecular complexity index is 1370. The van der Waals surface area contributed by atoms with Gasteiger partial charge in [0.2, 0.25) is 5.55 Å². The number of carbonyl (C=O) groups is 2. The van der Waals surface area contributed by atoms with Crippen LogP contribution in [-0.2, 0) is 4.74 Å². The summed E-state index contributed by atoms with van der Waals surface area (Å²) in [5.74, 6) is -1.31. The van der Waals surface area contributed by atoms with Crippen molar-refractivity contribution in [1.29, 1.82) is 5.41 Å². The summed E-state index contributed by atoms with van der Waals surface area (Å²) in [6.07, 6.45) is 0. The van der Waals surface area contributed by atoms with Crippen LogP contribution >= 0.6 is 11.3 Å². The molecule has 0 atom stereocenters. The Kier molecular flexibility index (Phi) is 5.31. The van der Waals surface area contributed by atoms with E-state index in [1.54, 1.807) is 17.5 Å². The lowest BCUT2D eigenvalue weighted by Gasteiger charge is -2.09. The van der Waals surface area contributed by atoms with Crippen LogP contribution in [-0.4, -0.2) is 24.1 Å². The third-order valence-electron chi connectivity index (χ3n) is 4.79. The van der Waals surface area contributed by atoms with E-state index in [1.165, 1.54) is 30.6 Å². The number of phenolic OH excluding ortho intramolecular Hbond substituents is 1. The van der Waals surface area contributed by atoms with E-state index in [0.29, 0.717) is 16.0 Å². The molecule has 7 nitrogen and oxygen atoms in total. The lowest BCUT2D eigenvalue weighted by molar-refractivity contribution is 0.0603. The molecule has 156 valence electrons. The molecule has 4 rings (SSSR count). The molecule has 0 radical (unpaired) electrons. The minimum absolute atomic E-state index is 0.0285. The summed E-state index contributed by atoms with van der Waals surface area (Å²) in [5, 5.41) is 23.2. The SMILES string of the molecule is COC(=O)c1c(-c2ccc(C)cc2)csc1NC(=O)c1cc2cccc(O)c2oc1=N. The van der Waals surface area contributed by atoms with Crippen LogP contribution in [0.5, 0.6) is 5.75 Å². The molecule has 2 aromatic heterocycles. The van der Waals surface area contributed by atoms with Crippen LogP contribution in [0.25, 0.3) is 22.1 Å². The molecule has 0 aliphatic carbocycles. The molecule has 2 heterocycles. The highest BCUT2D eigenvalue weighted by atomic mass is 32.1. The second-order valence-corrected chi connectivity index (χ2v) is 7.73. The number of phenols is 1. The smallest absolute Gasteiger partial charge is 0.341 e. The van der Waals surface area contributed by atoms with E-state index in [0.717, 1.165) is 11.1 Å². The summed E-state index contributed by atoms with van der Waals surface area (Å²) >= 11 is 1.19. The molecule has 0 saturated carbocycles. The summed E-state index contributed by atoms with van der Waals surface area (Å²) in [7, 11) is 1.28. The minimum atomic E-state index is -0.610. The van der Waals surface area contributed by atoms with Gasteiger partial charge in [0.05, 0.1) is 7.11 Å². The zero-order chi connectivity index (χ0) is 22.1.